The molecule has 0 radical (unpaired) electrons. The van der Waals surface area contributed by atoms with E-state index in [9.17, 15) is 0 Å². The van der Waals surface area contributed by atoms with Crippen LogP contribution in [0.1, 0.15) is 25.7 Å². The zero-order valence-electron chi connectivity index (χ0n) is 16.7. The lowest BCUT2D eigenvalue weighted by Crippen LogP contribution is -2.46. The Morgan fingerprint density at radius 1 is 1.07 bits per heavy atom. The van der Waals surface area contributed by atoms with Crippen LogP contribution in [0.2, 0.25) is 0 Å². The summed E-state index contributed by atoms with van der Waals surface area (Å²) in [6.45, 7) is 7.06. The number of hydrogen-bond donors (Lipinski definition) is 1. The van der Waals surface area contributed by atoms with Gasteiger partial charge in [0.05, 0.1) is 11.2 Å². The van der Waals surface area contributed by atoms with Gasteiger partial charge in [0, 0.05) is 49.8 Å². The van der Waals surface area contributed by atoms with Gasteiger partial charge in [-0.2, -0.15) is 0 Å². The first-order valence-electron chi connectivity index (χ1n) is 10.6. The fourth-order valence-corrected chi connectivity index (χ4v) is 5.27. The van der Waals surface area contributed by atoms with Crippen LogP contribution in [0, 0.1) is 0 Å². The summed E-state index contributed by atoms with van der Waals surface area (Å²) < 4.78 is 2.43. The van der Waals surface area contributed by atoms with Gasteiger partial charge in [-0.15, -0.1) is 0 Å². The van der Waals surface area contributed by atoms with E-state index in [1.807, 2.05) is 18.1 Å². The summed E-state index contributed by atoms with van der Waals surface area (Å²) in [4.78, 5) is 14.7. The molecule has 1 aromatic carbocycles. The molecule has 4 heterocycles. The van der Waals surface area contributed by atoms with Crippen molar-refractivity contribution in [1.29, 1.82) is 0 Å². The van der Waals surface area contributed by atoms with E-state index in [0.29, 0.717) is 12.1 Å². The minimum Gasteiger partial charge on any atom is -0.368 e. The molecule has 1 N–H and O–H groups in total. The van der Waals surface area contributed by atoms with Crippen molar-refractivity contribution in [2.45, 2.75) is 37.8 Å². The second kappa shape index (κ2) is 8.05. The molecule has 1 unspecified atom stereocenters. The number of hydrogen-bond acceptors (Lipinski definition) is 7. The Hall–Kier alpha value is -1.57. The third kappa shape index (κ3) is 3.67. The van der Waals surface area contributed by atoms with Crippen LogP contribution in [0.4, 0.5) is 11.6 Å². The second-order valence-electron chi connectivity index (χ2n) is 8.22. The van der Waals surface area contributed by atoms with Crippen molar-refractivity contribution in [3.63, 3.8) is 0 Å². The number of benzene rings is 1. The molecule has 0 bridgehead atoms. The summed E-state index contributed by atoms with van der Waals surface area (Å²) in [5, 5.41) is 4.73. The lowest BCUT2D eigenvalue weighted by Gasteiger charge is -2.36. The smallest absolute Gasteiger partial charge is 0.223 e. The number of rotatable bonds is 5. The molecule has 28 heavy (non-hydrogen) atoms. The number of fused-ring (bicyclic) bond motifs is 1. The molecule has 5 rings (SSSR count). The Balaban J connectivity index is 1.33. The van der Waals surface area contributed by atoms with Gasteiger partial charge in [0.1, 0.15) is 0 Å². The average Bonchev–Trinajstić information content (AvgIpc) is 3.16. The topological polar surface area (TPSA) is 47.5 Å². The standard InChI is InChI=1S/C21H30N6S/c1-28-27-12-6-17(7-13-27)23-21-22-14-16-4-2-5-19(20(16)24-21)26-11-8-18(15-26)25-9-3-10-25/h2,4-5,14,17-18H,3,6-13,15H2,1H3,(H,22,23,24). The summed E-state index contributed by atoms with van der Waals surface area (Å²) in [5.41, 5.74) is 2.36. The molecule has 2 aromatic rings. The van der Waals surface area contributed by atoms with Gasteiger partial charge in [0.15, 0.2) is 0 Å². The fraction of sp³-hybridized carbons (Fsp3) is 0.619. The molecule has 3 aliphatic rings. The van der Waals surface area contributed by atoms with Crippen molar-refractivity contribution in [2.24, 2.45) is 0 Å². The molecule has 3 fully saturated rings. The largest absolute Gasteiger partial charge is 0.368 e. The second-order valence-corrected chi connectivity index (χ2v) is 9.10. The van der Waals surface area contributed by atoms with Crippen LogP contribution in [0.15, 0.2) is 24.4 Å². The Morgan fingerprint density at radius 3 is 2.68 bits per heavy atom. The Kier molecular flexibility index (Phi) is 5.30. The van der Waals surface area contributed by atoms with E-state index in [1.54, 1.807) is 0 Å². The summed E-state index contributed by atoms with van der Waals surface area (Å²) in [5.74, 6) is 0.779. The van der Waals surface area contributed by atoms with E-state index in [-0.39, 0.29) is 0 Å². The van der Waals surface area contributed by atoms with E-state index in [1.165, 1.54) is 31.6 Å². The van der Waals surface area contributed by atoms with Gasteiger partial charge in [0.2, 0.25) is 5.95 Å². The highest BCUT2D eigenvalue weighted by Crippen LogP contribution is 2.31. The maximum atomic E-state index is 4.96. The summed E-state index contributed by atoms with van der Waals surface area (Å²) in [6, 6.07) is 7.68. The van der Waals surface area contributed by atoms with Crippen LogP contribution in [-0.2, 0) is 0 Å². The maximum absolute atomic E-state index is 4.96. The average molecular weight is 399 g/mol. The first kappa shape index (κ1) is 18.5. The zero-order valence-corrected chi connectivity index (χ0v) is 17.5. The molecule has 6 nitrogen and oxygen atoms in total. The van der Waals surface area contributed by atoms with E-state index < -0.39 is 0 Å². The highest BCUT2D eigenvalue weighted by molar-refractivity contribution is 7.96. The van der Waals surface area contributed by atoms with Gasteiger partial charge in [-0.05, 0) is 51.1 Å². The number of piperidine rings is 1. The summed E-state index contributed by atoms with van der Waals surface area (Å²) in [7, 11) is 0. The molecule has 7 heteroatoms. The molecular weight excluding hydrogens is 368 g/mol. The van der Waals surface area contributed by atoms with E-state index in [0.717, 1.165) is 55.9 Å². The quantitative estimate of drug-likeness (QED) is 0.777. The maximum Gasteiger partial charge on any atom is 0.223 e. The number of para-hydroxylation sites is 1. The predicted octanol–water partition coefficient (Wildman–Crippen LogP) is 3.07. The molecule has 1 aromatic heterocycles. The molecule has 150 valence electrons. The SMILES string of the molecule is CSN1CCC(Nc2ncc3cccc(N4CCC(N5CCC5)C4)c3n2)CC1. The molecule has 0 saturated carbocycles. The van der Waals surface area contributed by atoms with Crippen LogP contribution < -0.4 is 10.2 Å². The molecule has 3 aliphatic heterocycles. The number of likely N-dealkylation sites (tertiary alicyclic amines) is 1. The Bertz CT molecular complexity index is 818. The summed E-state index contributed by atoms with van der Waals surface area (Å²) in [6.07, 6.45) is 9.06. The van der Waals surface area contributed by atoms with Crippen LogP contribution >= 0.6 is 11.9 Å². The first-order valence-corrected chi connectivity index (χ1v) is 11.8. The van der Waals surface area contributed by atoms with E-state index in [2.05, 4.69) is 48.9 Å². The van der Waals surface area contributed by atoms with Crippen LogP contribution in [0.25, 0.3) is 10.9 Å². The highest BCUT2D eigenvalue weighted by atomic mass is 32.2. The van der Waals surface area contributed by atoms with Crippen molar-refractivity contribution in [1.82, 2.24) is 19.2 Å². The lowest BCUT2D eigenvalue weighted by molar-refractivity contribution is 0.129. The minimum atomic E-state index is 0.468. The van der Waals surface area contributed by atoms with Gasteiger partial charge in [-0.25, -0.2) is 9.97 Å². The fourth-order valence-electron chi connectivity index (χ4n) is 4.69. The first-order chi connectivity index (χ1) is 13.8. The van der Waals surface area contributed by atoms with Gasteiger partial charge in [-0.1, -0.05) is 24.1 Å². The highest BCUT2D eigenvalue weighted by Gasteiger charge is 2.31. The van der Waals surface area contributed by atoms with E-state index >= 15 is 0 Å². The molecule has 1 atom stereocenters. The lowest BCUT2D eigenvalue weighted by atomic mass is 10.1. The third-order valence-corrected chi connectivity index (χ3v) is 7.43. The molecule has 0 aliphatic carbocycles. The number of anilines is 2. The Morgan fingerprint density at radius 2 is 1.93 bits per heavy atom. The minimum absolute atomic E-state index is 0.468. The normalized spacial score (nSPS) is 24.6. The van der Waals surface area contributed by atoms with Crippen LogP contribution in [0.5, 0.6) is 0 Å². The van der Waals surface area contributed by atoms with Crippen molar-refractivity contribution in [2.75, 3.05) is 55.7 Å². The van der Waals surface area contributed by atoms with Crippen LogP contribution in [-0.4, -0.2) is 76.8 Å². The van der Waals surface area contributed by atoms with Gasteiger partial charge >= 0.3 is 0 Å². The van der Waals surface area contributed by atoms with Gasteiger partial charge in [-0.3, -0.25) is 9.21 Å². The molecule has 0 amide bonds. The summed E-state index contributed by atoms with van der Waals surface area (Å²) >= 11 is 1.85. The number of nitrogens with zero attached hydrogens (tertiary/aromatic N) is 5. The van der Waals surface area contributed by atoms with Crippen molar-refractivity contribution >= 4 is 34.5 Å². The number of nitrogens with one attached hydrogen (secondary N) is 1. The predicted molar refractivity (Wildman–Crippen MR) is 118 cm³/mol. The number of aromatic nitrogens is 2. The monoisotopic (exact) mass is 398 g/mol. The van der Waals surface area contributed by atoms with Gasteiger partial charge in [0.25, 0.3) is 0 Å². The Labute approximate surface area is 171 Å². The molecular formula is C21H30N6S. The van der Waals surface area contributed by atoms with Crippen LogP contribution in [0.3, 0.4) is 0 Å². The molecule has 0 spiro atoms. The van der Waals surface area contributed by atoms with Crippen molar-refractivity contribution < 1.29 is 0 Å². The zero-order chi connectivity index (χ0) is 18.9. The van der Waals surface area contributed by atoms with Crippen molar-refractivity contribution in [3.8, 4) is 0 Å². The van der Waals surface area contributed by atoms with Gasteiger partial charge < -0.3 is 10.2 Å². The van der Waals surface area contributed by atoms with Crippen molar-refractivity contribution in [3.05, 3.63) is 24.4 Å². The molecule has 3 saturated heterocycles. The van der Waals surface area contributed by atoms with E-state index in [4.69, 9.17) is 4.98 Å². The third-order valence-electron chi connectivity index (χ3n) is 6.55.